The zero-order valence-electron chi connectivity index (χ0n) is 13.0. The molecule has 3 rings (SSSR count). The lowest BCUT2D eigenvalue weighted by Gasteiger charge is -2.25. The van der Waals surface area contributed by atoms with Gasteiger partial charge in [-0.15, -0.1) is 0 Å². The topological polar surface area (TPSA) is 64.2 Å². The normalized spacial score (nSPS) is 18.2. The number of halogens is 1. The van der Waals surface area contributed by atoms with Gasteiger partial charge in [-0.1, -0.05) is 23.7 Å². The molecule has 0 unspecified atom stereocenters. The van der Waals surface area contributed by atoms with Crippen LogP contribution < -0.4 is 0 Å². The van der Waals surface area contributed by atoms with Gasteiger partial charge in [-0.05, 0) is 19.8 Å². The highest BCUT2D eigenvalue weighted by Gasteiger charge is 2.36. The molecule has 118 valence electrons. The van der Waals surface area contributed by atoms with Crippen LogP contribution in [0.3, 0.4) is 0 Å². The molecule has 1 atom stereocenters. The molecule has 0 spiro atoms. The Bertz CT molecular complexity index is 687. The highest BCUT2D eigenvalue weighted by molar-refractivity contribution is 6.33. The third-order valence-electron chi connectivity index (χ3n) is 4.25. The fourth-order valence-corrected chi connectivity index (χ4v) is 3.45. The Morgan fingerprint density at radius 3 is 2.95 bits per heavy atom. The van der Waals surface area contributed by atoms with Crippen LogP contribution in [-0.4, -0.2) is 32.3 Å². The summed E-state index contributed by atoms with van der Waals surface area (Å²) in [5.74, 6) is 0.772. The number of hydrogen-bond donors (Lipinski definition) is 0. The molecular weight excluding hydrogens is 304 g/mol. The summed E-state index contributed by atoms with van der Waals surface area (Å²) in [7, 11) is 1.73. The van der Waals surface area contributed by atoms with Crippen LogP contribution in [0, 0.1) is 6.92 Å². The summed E-state index contributed by atoms with van der Waals surface area (Å²) >= 11 is 6.12. The monoisotopic (exact) mass is 322 g/mol. The van der Waals surface area contributed by atoms with Gasteiger partial charge in [0.15, 0.2) is 0 Å². The van der Waals surface area contributed by atoms with Gasteiger partial charge in [0.05, 0.1) is 23.0 Å². The summed E-state index contributed by atoms with van der Waals surface area (Å²) < 4.78 is 6.92. The zero-order chi connectivity index (χ0) is 15.9. The molecule has 6 nitrogen and oxygen atoms in total. The Balaban J connectivity index is 1.97. The minimum atomic E-state index is -0.0878. The van der Waals surface area contributed by atoms with E-state index in [1.807, 2.05) is 18.7 Å². The summed E-state index contributed by atoms with van der Waals surface area (Å²) in [6, 6.07) is -0.000309. The molecule has 0 aromatic carbocycles. The SMILES string of the molecule is CCc1onc(C)c1[C@H]1CCCN1C(=O)c1c(Cl)cnn1C. The number of aryl methyl sites for hydroxylation is 3. The van der Waals surface area contributed by atoms with Crippen molar-refractivity contribution in [1.82, 2.24) is 19.8 Å². The Morgan fingerprint density at radius 1 is 1.55 bits per heavy atom. The molecule has 2 aromatic heterocycles. The molecule has 0 aliphatic carbocycles. The van der Waals surface area contributed by atoms with Crippen molar-refractivity contribution >= 4 is 17.5 Å². The second-order valence-electron chi connectivity index (χ2n) is 5.58. The standard InChI is InChI=1S/C15H19ClN4O2/c1-4-12-13(9(2)18-22-12)11-6-5-7-20(11)15(21)14-10(16)8-17-19(14)3/h8,11H,4-7H2,1-3H3/t11-/m1/s1. The van der Waals surface area contributed by atoms with Crippen LogP contribution in [0.15, 0.2) is 10.7 Å². The number of likely N-dealkylation sites (tertiary alicyclic amines) is 1. The molecule has 1 saturated heterocycles. The molecule has 22 heavy (non-hydrogen) atoms. The average molecular weight is 323 g/mol. The van der Waals surface area contributed by atoms with Crippen LogP contribution in [0.5, 0.6) is 0 Å². The van der Waals surface area contributed by atoms with Crippen LogP contribution in [0.4, 0.5) is 0 Å². The van der Waals surface area contributed by atoms with Crippen molar-refractivity contribution in [2.24, 2.45) is 7.05 Å². The molecule has 2 aromatic rings. The third-order valence-corrected chi connectivity index (χ3v) is 4.52. The van der Waals surface area contributed by atoms with E-state index in [4.69, 9.17) is 16.1 Å². The van der Waals surface area contributed by atoms with E-state index in [-0.39, 0.29) is 11.9 Å². The fraction of sp³-hybridized carbons (Fsp3) is 0.533. The number of amides is 1. The van der Waals surface area contributed by atoms with Gasteiger partial charge >= 0.3 is 0 Å². The van der Waals surface area contributed by atoms with Gasteiger partial charge in [-0.3, -0.25) is 9.48 Å². The largest absolute Gasteiger partial charge is 0.361 e. The first-order valence-corrected chi connectivity index (χ1v) is 7.85. The summed E-state index contributed by atoms with van der Waals surface area (Å²) in [4.78, 5) is 14.8. The number of hydrogen-bond acceptors (Lipinski definition) is 4. The van der Waals surface area contributed by atoms with Gasteiger partial charge in [-0.25, -0.2) is 0 Å². The van der Waals surface area contributed by atoms with E-state index in [1.54, 1.807) is 7.05 Å². The van der Waals surface area contributed by atoms with Crippen LogP contribution in [0.1, 0.15) is 53.3 Å². The first-order chi connectivity index (χ1) is 10.5. The highest BCUT2D eigenvalue weighted by atomic mass is 35.5. The van der Waals surface area contributed by atoms with E-state index in [0.29, 0.717) is 17.3 Å². The van der Waals surface area contributed by atoms with E-state index in [9.17, 15) is 4.79 Å². The molecule has 1 aliphatic rings. The molecule has 1 fully saturated rings. The van der Waals surface area contributed by atoms with Crippen LogP contribution in [0.25, 0.3) is 0 Å². The van der Waals surface area contributed by atoms with Crippen molar-refractivity contribution in [3.05, 3.63) is 33.9 Å². The smallest absolute Gasteiger partial charge is 0.274 e. The number of aromatic nitrogens is 3. The average Bonchev–Trinajstić information content (AvgIpc) is 3.17. The minimum absolute atomic E-state index is 0.000309. The Kier molecular flexibility index (Phi) is 3.95. The molecular formula is C15H19ClN4O2. The molecule has 1 amide bonds. The Morgan fingerprint density at radius 2 is 2.32 bits per heavy atom. The second-order valence-corrected chi connectivity index (χ2v) is 5.99. The maximum absolute atomic E-state index is 12.9. The van der Waals surface area contributed by atoms with Crippen LogP contribution >= 0.6 is 11.6 Å². The third kappa shape index (κ3) is 2.31. The summed E-state index contributed by atoms with van der Waals surface area (Å²) in [5, 5.41) is 8.51. The fourth-order valence-electron chi connectivity index (χ4n) is 3.20. The molecule has 0 N–H and O–H groups in total. The highest BCUT2D eigenvalue weighted by Crippen LogP contribution is 2.37. The van der Waals surface area contributed by atoms with Gasteiger partial charge in [-0.2, -0.15) is 5.10 Å². The van der Waals surface area contributed by atoms with Gasteiger partial charge in [0.1, 0.15) is 11.5 Å². The lowest BCUT2D eigenvalue weighted by Crippen LogP contribution is -2.32. The van der Waals surface area contributed by atoms with Gasteiger partial charge in [0.25, 0.3) is 5.91 Å². The van der Waals surface area contributed by atoms with Crippen molar-refractivity contribution in [3.8, 4) is 0 Å². The first-order valence-electron chi connectivity index (χ1n) is 7.48. The van der Waals surface area contributed by atoms with E-state index >= 15 is 0 Å². The quantitative estimate of drug-likeness (QED) is 0.871. The summed E-state index contributed by atoms with van der Waals surface area (Å²) in [5.41, 5.74) is 2.34. The summed E-state index contributed by atoms with van der Waals surface area (Å²) in [6.07, 6.45) is 4.14. The molecule has 3 heterocycles. The minimum Gasteiger partial charge on any atom is -0.361 e. The van der Waals surface area contributed by atoms with E-state index in [2.05, 4.69) is 10.3 Å². The molecule has 1 aliphatic heterocycles. The van der Waals surface area contributed by atoms with Gasteiger partial charge in [0.2, 0.25) is 0 Å². The van der Waals surface area contributed by atoms with Crippen molar-refractivity contribution in [2.45, 2.75) is 39.2 Å². The predicted octanol–water partition coefficient (Wildman–Crippen LogP) is 2.91. The Hall–Kier alpha value is -1.82. The molecule has 0 bridgehead atoms. The van der Waals surface area contributed by atoms with Gasteiger partial charge in [0, 0.05) is 25.6 Å². The second kappa shape index (κ2) is 5.76. The number of rotatable bonds is 3. The van der Waals surface area contributed by atoms with E-state index < -0.39 is 0 Å². The maximum atomic E-state index is 12.9. The summed E-state index contributed by atoms with van der Waals surface area (Å²) in [6.45, 7) is 4.66. The van der Waals surface area contributed by atoms with E-state index in [0.717, 1.165) is 36.3 Å². The molecule has 0 saturated carbocycles. The van der Waals surface area contributed by atoms with Crippen molar-refractivity contribution in [2.75, 3.05) is 6.54 Å². The van der Waals surface area contributed by atoms with Crippen molar-refractivity contribution in [1.29, 1.82) is 0 Å². The Labute approximate surface area is 134 Å². The van der Waals surface area contributed by atoms with Crippen molar-refractivity contribution < 1.29 is 9.32 Å². The molecule has 7 heteroatoms. The number of nitrogens with zero attached hydrogens (tertiary/aromatic N) is 4. The predicted molar refractivity (Wildman–Crippen MR) is 81.8 cm³/mol. The zero-order valence-corrected chi connectivity index (χ0v) is 13.7. The number of carbonyl (C=O) groups is 1. The lowest BCUT2D eigenvalue weighted by atomic mass is 10.0. The maximum Gasteiger partial charge on any atom is 0.274 e. The number of carbonyl (C=O) groups excluding carboxylic acids is 1. The van der Waals surface area contributed by atoms with Crippen LogP contribution in [-0.2, 0) is 13.5 Å². The van der Waals surface area contributed by atoms with Crippen LogP contribution in [0.2, 0.25) is 5.02 Å². The van der Waals surface area contributed by atoms with Gasteiger partial charge < -0.3 is 9.42 Å². The van der Waals surface area contributed by atoms with Crippen molar-refractivity contribution in [3.63, 3.8) is 0 Å². The van der Waals surface area contributed by atoms with E-state index in [1.165, 1.54) is 10.9 Å². The molecule has 0 radical (unpaired) electrons. The lowest BCUT2D eigenvalue weighted by molar-refractivity contribution is 0.0723. The first kappa shape index (κ1) is 15.1.